The first-order valence-corrected chi connectivity index (χ1v) is 6.27. The molecule has 2 N–H and O–H groups in total. The van der Waals surface area contributed by atoms with Crippen molar-refractivity contribution in [2.75, 3.05) is 6.54 Å². The van der Waals surface area contributed by atoms with Gasteiger partial charge in [-0.05, 0) is 52.2 Å². The molecular formula is C13H14BrFN2. The first kappa shape index (κ1) is 12.3. The molecule has 0 radical (unpaired) electrons. The first-order chi connectivity index (χ1) is 8.20. The van der Waals surface area contributed by atoms with Gasteiger partial charge in [-0.1, -0.05) is 12.1 Å². The van der Waals surface area contributed by atoms with Gasteiger partial charge in [-0.15, -0.1) is 0 Å². The zero-order valence-electron chi connectivity index (χ0n) is 9.37. The van der Waals surface area contributed by atoms with Crippen LogP contribution in [-0.4, -0.2) is 11.1 Å². The second kappa shape index (κ2) is 5.47. The lowest BCUT2D eigenvalue weighted by atomic mass is 10.2. The largest absolute Gasteiger partial charge is 0.350 e. The minimum absolute atomic E-state index is 0.225. The molecule has 1 heterocycles. The van der Waals surface area contributed by atoms with Crippen molar-refractivity contribution in [1.82, 2.24) is 4.57 Å². The molecule has 0 aliphatic rings. The Hall–Kier alpha value is -1.13. The van der Waals surface area contributed by atoms with Gasteiger partial charge < -0.3 is 10.3 Å². The van der Waals surface area contributed by atoms with Gasteiger partial charge >= 0.3 is 0 Å². The van der Waals surface area contributed by atoms with E-state index in [1.54, 1.807) is 6.07 Å². The van der Waals surface area contributed by atoms with Gasteiger partial charge in [0.2, 0.25) is 0 Å². The molecule has 1 aromatic heterocycles. The highest BCUT2D eigenvalue weighted by molar-refractivity contribution is 9.10. The van der Waals surface area contributed by atoms with Crippen molar-refractivity contribution in [2.24, 2.45) is 5.73 Å². The third-order valence-electron chi connectivity index (χ3n) is 2.63. The molecule has 0 saturated heterocycles. The van der Waals surface area contributed by atoms with E-state index in [9.17, 15) is 4.39 Å². The minimum Gasteiger partial charge on any atom is -0.350 e. The van der Waals surface area contributed by atoms with Crippen LogP contribution in [0.1, 0.15) is 11.1 Å². The van der Waals surface area contributed by atoms with Crippen molar-refractivity contribution >= 4 is 15.9 Å². The van der Waals surface area contributed by atoms with E-state index in [4.69, 9.17) is 5.73 Å². The van der Waals surface area contributed by atoms with Crippen molar-refractivity contribution < 1.29 is 4.39 Å². The van der Waals surface area contributed by atoms with Crippen LogP contribution in [0, 0.1) is 5.82 Å². The lowest BCUT2D eigenvalue weighted by Crippen LogP contribution is -2.02. The van der Waals surface area contributed by atoms with Crippen LogP contribution in [0.15, 0.2) is 41.1 Å². The summed E-state index contributed by atoms with van der Waals surface area (Å²) in [6, 6.07) is 7.12. The minimum atomic E-state index is -0.225. The summed E-state index contributed by atoms with van der Waals surface area (Å²) in [5.74, 6) is -0.225. The third-order valence-corrected chi connectivity index (χ3v) is 3.52. The summed E-state index contributed by atoms with van der Waals surface area (Å²) in [4.78, 5) is 0. The molecule has 2 rings (SSSR count). The maximum absolute atomic E-state index is 13.3. The van der Waals surface area contributed by atoms with Gasteiger partial charge in [0.25, 0.3) is 0 Å². The summed E-state index contributed by atoms with van der Waals surface area (Å²) in [7, 11) is 0. The number of nitrogens with two attached hydrogens (primary N) is 1. The van der Waals surface area contributed by atoms with Crippen molar-refractivity contribution in [1.29, 1.82) is 0 Å². The van der Waals surface area contributed by atoms with Crippen LogP contribution in [0.25, 0.3) is 0 Å². The van der Waals surface area contributed by atoms with E-state index < -0.39 is 0 Å². The highest BCUT2D eigenvalue weighted by Crippen LogP contribution is 2.21. The summed E-state index contributed by atoms with van der Waals surface area (Å²) in [5, 5.41) is 0. The van der Waals surface area contributed by atoms with Crippen LogP contribution >= 0.6 is 15.9 Å². The van der Waals surface area contributed by atoms with E-state index >= 15 is 0 Å². The number of halogens is 2. The Balaban J connectivity index is 2.16. The number of aromatic nitrogens is 1. The number of hydrogen-bond donors (Lipinski definition) is 1. The molecule has 0 aliphatic heterocycles. The average molecular weight is 297 g/mol. The molecule has 0 unspecified atom stereocenters. The SMILES string of the molecule is NCCc1ccn(Cc2cccc(F)c2Br)c1. The Morgan fingerprint density at radius 2 is 2.12 bits per heavy atom. The molecule has 0 fully saturated rings. The summed E-state index contributed by atoms with van der Waals surface area (Å²) in [5.41, 5.74) is 7.64. The van der Waals surface area contributed by atoms with Crippen molar-refractivity contribution in [3.63, 3.8) is 0 Å². The van der Waals surface area contributed by atoms with Gasteiger partial charge in [-0.3, -0.25) is 0 Å². The number of hydrogen-bond acceptors (Lipinski definition) is 1. The molecule has 0 aliphatic carbocycles. The Bertz CT molecular complexity index is 508. The normalized spacial score (nSPS) is 10.8. The van der Waals surface area contributed by atoms with E-state index in [0.29, 0.717) is 17.6 Å². The molecule has 2 aromatic rings. The lowest BCUT2D eigenvalue weighted by Gasteiger charge is -2.06. The van der Waals surface area contributed by atoms with Crippen LogP contribution in [0.5, 0.6) is 0 Å². The summed E-state index contributed by atoms with van der Waals surface area (Å²) >= 11 is 3.27. The summed E-state index contributed by atoms with van der Waals surface area (Å²) < 4.78 is 15.9. The summed E-state index contributed by atoms with van der Waals surface area (Å²) in [6.45, 7) is 1.30. The molecular weight excluding hydrogens is 283 g/mol. The third kappa shape index (κ3) is 2.96. The molecule has 17 heavy (non-hydrogen) atoms. The van der Waals surface area contributed by atoms with Gasteiger partial charge in [-0.2, -0.15) is 0 Å². The van der Waals surface area contributed by atoms with E-state index in [-0.39, 0.29) is 5.82 Å². The number of rotatable bonds is 4. The van der Waals surface area contributed by atoms with Crippen LogP contribution in [0.4, 0.5) is 4.39 Å². The van der Waals surface area contributed by atoms with Gasteiger partial charge in [0.15, 0.2) is 0 Å². The predicted octanol–water partition coefficient (Wildman–Crippen LogP) is 2.94. The van der Waals surface area contributed by atoms with Crippen LogP contribution < -0.4 is 5.73 Å². The van der Waals surface area contributed by atoms with E-state index in [2.05, 4.69) is 15.9 Å². The fraction of sp³-hybridized carbons (Fsp3) is 0.231. The molecule has 90 valence electrons. The highest BCUT2D eigenvalue weighted by atomic mass is 79.9. The molecule has 2 nitrogen and oxygen atoms in total. The molecule has 4 heteroatoms. The van der Waals surface area contributed by atoms with E-state index in [0.717, 1.165) is 12.0 Å². The number of nitrogens with zero attached hydrogens (tertiary/aromatic N) is 1. The van der Waals surface area contributed by atoms with Gasteiger partial charge in [0, 0.05) is 18.9 Å². The maximum Gasteiger partial charge on any atom is 0.137 e. The van der Waals surface area contributed by atoms with Crippen molar-refractivity contribution in [3.05, 3.63) is 58.1 Å². The van der Waals surface area contributed by atoms with Crippen LogP contribution in [-0.2, 0) is 13.0 Å². The van der Waals surface area contributed by atoms with Crippen LogP contribution in [0.3, 0.4) is 0 Å². The first-order valence-electron chi connectivity index (χ1n) is 5.48. The monoisotopic (exact) mass is 296 g/mol. The zero-order chi connectivity index (χ0) is 12.3. The molecule has 1 aromatic carbocycles. The van der Waals surface area contributed by atoms with Gasteiger partial charge in [0.1, 0.15) is 5.82 Å². The Labute approximate surface area is 108 Å². The average Bonchev–Trinajstić information content (AvgIpc) is 2.73. The van der Waals surface area contributed by atoms with Gasteiger partial charge in [-0.25, -0.2) is 4.39 Å². The van der Waals surface area contributed by atoms with Crippen LogP contribution in [0.2, 0.25) is 0 Å². The predicted molar refractivity (Wildman–Crippen MR) is 70.4 cm³/mol. The second-order valence-electron chi connectivity index (χ2n) is 3.94. The Morgan fingerprint density at radius 1 is 1.29 bits per heavy atom. The van der Waals surface area contributed by atoms with E-state index in [1.807, 2.05) is 29.1 Å². The highest BCUT2D eigenvalue weighted by Gasteiger charge is 2.05. The Morgan fingerprint density at radius 3 is 2.88 bits per heavy atom. The maximum atomic E-state index is 13.3. The number of benzene rings is 1. The molecule has 0 saturated carbocycles. The van der Waals surface area contributed by atoms with Crippen molar-refractivity contribution in [2.45, 2.75) is 13.0 Å². The fourth-order valence-electron chi connectivity index (χ4n) is 1.77. The topological polar surface area (TPSA) is 30.9 Å². The molecule has 0 bridgehead atoms. The van der Waals surface area contributed by atoms with Gasteiger partial charge in [0.05, 0.1) is 4.47 Å². The second-order valence-corrected chi connectivity index (χ2v) is 4.74. The van der Waals surface area contributed by atoms with Crippen molar-refractivity contribution in [3.8, 4) is 0 Å². The quantitative estimate of drug-likeness (QED) is 0.924. The molecule has 0 atom stereocenters. The summed E-state index contributed by atoms with van der Waals surface area (Å²) in [6.07, 6.45) is 4.91. The molecule has 0 amide bonds. The lowest BCUT2D eigenvalue weighted by molar-refractivity contribution is 0.616. The fourth-order valence-corrected chi connectivity index (χ4v) is 2.16. The smallest absolute Gasteiger partial charge is 0.137 e. The molecule has 0 spiro atoms. The standard InChI is InChI=1S/C13H14BrFN2/c14-13-11(2-1-3-12(13)15)9-17-7-5-10(8-17)4-6-16/h1-3,5,7-8H,4,6,9,16H2. The van der Waals surface area contributed by atoms with E-state index in [1.165, 1.54) is 11.6 Å². The zero-order valence-corrected chi connectivity index (χ0v) is 11.0. The Kier molecular flexibility index (Phi) is 3.97.